The molecule has 0 spiro atoms. The minimum absolute atomic E-state index is 0.274. The highest BCUT2D eigenvalue weighted by atomic mass is 19.1. The number of aromatic nitrogens is 3. The molecule has 3 aromatic rings. The predicted octanol–water partition coefficient (Wildman–Crippen LogP) is 2.50. The highest BCUT2D eigenvalue weighted by Crippen LogP contribution is 2.15. The minimum Gasteiger partial charge on any atom is -0.487 e. The predicted molar refractivity (Wildman–Crippen MR) is 84.2 cm³/mol. The summed E-state index contributed by atoms with van der Waals surface area (Å²) in [4.78, 5) is 0. The van der Waals surface area contributed by atoms with Gasteiger partial charge >= 0.3 is 0 Å². The van der Waals surface area contributed by atoms with Crippen LogP contribution in [-0.4, -0.2) is 15.0 Å². The molecule has 0 aliphatic carbocycles. The van der Waals surface area contributed by atoms with Gasteiger partial charge in [0.25, 0.3) is 0 Å². The third-order valence-corrected chi connectivity index (χ3v) is 3.45. The van der Waals surface area contributed by atoms with Crippen LogP contribution >= 0.6 is 0 Å². The molecule has 1 aromatic heterocycles. The second-order valence-electron chi connectivity index (χ2n) is 5.08. The molecular formula is C17H17FN4O. The number of hydrogen-bond donors (Lipinski definition) is 1. The molecule has 23 heavy (non-hydrogen) atoms. The molecule has 0 amide bonds. The van der Waals surface area contributed by atoms with Crippen molar-refractivity contribution in [3.8, 4) is 5.75 Å². The fraction of sp³-hybridized carbons (Fsp3) is 0.176. The zero-order valence-corrected chi connectivity index (χ0v) is 12.5. The molecule has 0 aliphatic heterocycles. The maximum Gasteiger partial charge on any atom is 0.132 e. The van der Waals surface area contributed by atoms with Crippen molar-refractivity contribution in [1.29, 1.82) is 0 Å². The molecule has 2 aromatic carbocycles. The fourth-order valence-corrected chi connectivity index (χ4v) is 2.29. The first-order valence-corrected chi connectivity index (χ1v) is 7.30. The molecule has 2 N–H and O–H groups in total. The molecule has 0 radical (unpaired) electrons. The van der Waals surface area contributed by atoms with E-state index in [1.54, 1.807) is 10.7 Å². The minimum atomic E-state index is -0.274. The summed E-state index contributed by atoms with van der Waals surface area (Å²) in [6.45, 7) is 0.994. The monoisotopic (exact) mass is 312 g/mol. The molecule has 1 heterocycles. The van der Waals surface area contributed by atoms with Gasteiger partial charge in [-0.1, -0.05) is 35.5 Å². The van der Waals surface area contributed by atoms with Crippen LogP contribution in [0.15, 0.2) is 54.6 Å². The summed E-state index contributed by atoms with van der Waals surface area (Å²) in [6, 6.07) is 15.9. The molecule has 0 unspecified atom stereocenters. The lowest BCUT2D eigenvalue weighted by molar-refractivity contribution is 0.292. The molecule has 0 atom stereocenters. The number of halogens is 1. The number of benzene rings is 2. The first kappa shape index (κ1) is 15.2. The third kappa shape index (κ3) is 3.73. The summed E-state index contributed by atoms with van der Waals surface area (Å²) in [5, 5.41) is 8.19. The van der Waals surface area contributed by atoms with Gasteiger partial charge in [-0.15, -0.1) is 5.10 Å². The Bertz CT molecular complexity index is 773. The van der Waals surface area contributed by atoms with E-state index in [1.807, 2.05) is 36.4 Å². The maximum atomic E-state index is 13.3. The molecule has 5 nitrogen and oxygen atoms in total. The first-order valence-electron chi connectivity index (χ1n) is 7.30. The van der Waals surface area contributed by atoms with Crippen molar-refractivity contribution in [2.45, 2.75) is 19.7 Å². The Labute approximate surface area is 133 Å². The van der Waals surface area contributed by atoms with Crippen LogP contribution in [0.5, 0.6) is 5.75 Å². The van der Waals surface area contributed by atoms with Crippen LogP contribution in [0.25, 0.3) is 0 Å². The highest BCUT2D eigenvalue weighted by molar-refractivity contribution is 5.22. The lowest BCUT2D eigenvalue weighted by Gasteiger charge is -2.10. The van der Waals surface area contributed by atoms with Crippen molar-refractivity contribution in [3.63, 3.8) is 0 Å². The van der Waals surface area contributed by atoms with Crippen LogP contribution in [0.3, 0.4) is 0 Å². The zero-order chi connectivity index (χ0) is 16.1. The van der Waals surface area contributed by atoms with Crippen molar-refractivity contribution in [2.75, 3.05) is 0 Å². The van der Waals surface area contributed by atoms with Crippen LogP contribution in [-0.2, 0) is 19.7 Å². The van der Waals surface area contributed by atoms with Gasteiger partial charge in [0.2, 0.25) is 0 Å². The zero-order valence-electron chi connectivity index (χ0n) is 12.5. The summed E-state index contributed by atoms with van der Waals surface area (Å²) in [7, 11) is 0. The van der Waals surface area contributed by atoms with Gasteiger partial charge in [-0.05, 0) is 29.8 Å². The molecule has 0 bridgehead atoms. The number of nitrogens with two attached hydrogens (primary N) is 1. The van der Waals surface area contributed by atoms with E-state index in [0.717, 1.165) is 17.0 Å². The van der Waals surface area contributed by atoms with Crippen LogP contribution in [0.4, 0.5) is 4.39 Å². The lowest BCUT2D eigenvalue weighted by Crippen LogP contribution is -2.11. The second kappa shape index (κ2) is 7.02. The van der Waals surface area contributed by atoms with E-state index in [9.17, 15) is 4.39 Å². The van der Waals surface area contributed by atoms with Gasteiger partial charge < -0.3 is 10.5 Å². The maximum absolute atomic E-state index is 13.3. The average Bonchev–Trinajstić information content (AvgIpc) is 2.95. The summed E-state index contributed by atoms with van der Waals surface area (Å²) in [5.74, 6) is 0.484. The summed E-state index contributed by atoms with van der Waals surface area (Å²) >= 11 is 0. The number of para-hydroxylation sites is 1. The van der Waals surface area contributed by atoms with Gasteiger partial charge in [0, 0.05) is 6.54 Å². The Morgan fingerprint density at radius 2 is 1.91 bits per heavy atom. The topological polar surface area (TPSA) is 66.0 Å². The largest absolute Gasteiger partial charge is 0.487 e. The van der Waals surface area contributed by atoms with E-state index in [-0.39, 0.29) is 12.4 Å². The standard InChI is InChI=1S/C17H17FN4O/c18-14-6-4-5-13(9-14)11-22-17(16(10-19)20-21-22)12-23-15-7-2-1-3-8-15/h1-9H,10-12,19H2. The van der Waals surface area contributed by atoms with E-state index in [0.29, 0.717) is 18.8 Å². The molecule has 0 aliphatic rings. The molecule has 0 fully saturated rings. The molecule has 0 saturated carbocycles. The highest BCUT2D eigenvalue weighted by Gasteiger charge is 2.13. The van der Waals surface area contributed by atoms with Gasteiger partial charge in [0.05, 0.1) is 6.54 Å². The van der Waals surface area contributed by atoms with Gasteiger partial charge in [-0.2, -0.15) is 0 Å². The smallest absolute Gasteiger partial charge is 0.132 e. The van der Waals surface area contributed by atoms with Crippen LogP contribution < -0.4 is 10.5 Å². The van der Waals surface area contributed by atoms with Crippen molar-refractivity contribution in [3.05, 3.63) is 77.4 Å². The van der Waals surface area contributed by atoms with Crippen molar-refractivity contribution < 1.29 is 9.13 Å². The molecule has 118 valence electrons. The Balaban J connectivity index is 1.79. The first-order chi connectivity index (χ1) is 11.3. The van der Waals surface area contributed by atoms with E-state index >= 15 is 0 Å². The van der Waals surface area contributed by atoms with Crippen LogP contribution in [0, 0.1) is 5.82 Å². The van der Waals surface area contributed by atoms with Gasteiger partial charge in [-0.25, -0.2) is 9.07 Å². The quantitative estimate of drug-likeness (QED) is 0.759. The summed E-state index contributed by atoms with van der Waals surface area (Å²) in [6.07, 6.45) is 0. The number of ether oxygens (including phenoxy) is 1. The van der Waals surface area contributed by atoms with Crippen LogP contribution in [0.1, 0.15) is 17.0 Å². The Kier molecular flexibility index (Phi) is 4.63. The Hall–Kier alpha value is -2.73. The normalized spacial score (nSPS) is 10.7. The molecule has 0 saturated heterocycles. The van der Waals surface area contributed by atoms with Crippen molar-refractivity contribution in [1.82, 2.24) is 15.0 Å². The second-order valence-corrected chi connectivity index (χ2v) is 5.08. The van der Waals surface area contributed by atoms with Crippen molar-refractivity contribution in [2.24, 2.45) is 5.73 Å². The van der Waals surface area contributed by atoms with Gasteiger partial charge in [0.15, 0.2) is 0 Å². The lowest BCUT2D eigenvalue weighted by atomic mass is 10.2. The Morgan fingerprint density at radius 1 is 1.09 bits per heavy atom. The summed E-state index contributed by atoms with van der Waals surface area (Å²) in [5.41, 5.74) is 7.99. The number of hydrogen-bond acceptors (Lipinski definition) is 4. The van der Waals surface area contributed by atoms with E-state index in [4.69, 9.17) is 10.5 Å². The third-order valence-electron chi connectivity index (χ3n) is 3.45. The number of rotatable bonds is 6. The fourth-order valence-electron chi connectivity index (χ4n) is 2.29. The molecular weight excluding hydrogens is 295 g/mol. The van der Waals surface area contributed by atoms with E-state index < -0.39 is 0 Å². The van der Waals surface area contributed by atoms with Gasteiger partial charge in [0.1, 0.15) is 29.6 Å². The summed E-state index contributed by atoms with van der Waals surface area (Å²) < 4.78 is 20.8. The molecule has 3 rings (SSSR count). The van der Waals surface area contributed by atoms with Crippen molar-refractivity contribution >= 4 is 0 Å². The van der Waals surface area contributed by atoms with E-state index in [1.165, 1.54) is 12.1 Å². The van der Waals surface area contributed by atoms with Gasteiger partial charge in [-0.3, -0.25) is 0 Å². The molecule has 6 heteroatoms. The SMILES string of the molecule is NCc1nnn(Cc2cccc(F)c2)c1COc1ccccc1. The average molecular weight is 312 g/mol. The Morgan fingerprint density at radius 3 is 2.65 bits per heavy atom. The van der Waals surface area contributed by atoms with Crippen LogP contribution in [0.2, 0.25) is 0 Å². The number of nitrogens with zero attached hydrogens (tertiary/aromatic N) is 3. The van der Waals surface area contributed by atoms with E-state index in [2.05, 4.69) is 10.3 Å².